The topological polar surface area (TPSA) is 83.6 Å². The van der Waals surface area contributed by atoms with Gasteiger partial charge < -0.3 is 24.9 Å². The number of halogens is 2. The van der Waals surface area contributed by atoms with Gasteiger partial charge >= 0.3 is 0 Å². The number of aromatic nitrogens is 1. The van der Waals surface area contributed by atoms with Crippen molar-refractivity contribution in [2.75, 3.05) is 20.1 Å². The molecule has 3 N–H and O–H groups in total. The second-order valence-electron chi connectivity index (χ2n) is 4.92. The van der Waals surface area contributed by atoms with Gasteiger partial charge in [-0.3, -0.25) is 9.79 Å². The molecule has 130 valence electrons. The third-order valence-corrected chi connectivity index (χ3v) is 4.17. The summed E-state index contributed by atoms with van der Waals surface area (Å²) in [7, 11) is 3.51. The van der Waals surface area contributed by atoms with Crippen LogP contribution in [0.5, 0.6) is 0 Å². The van der Waals surface area contributed by atoms with Gasteiger partial charge in [-0.2, -0.15) is 0 Å². The summed E-state index contributed by atoms with van der Waals surface area (Å²) in [6, 6.07) is 5.08. The minimum Gasteiger partial charge on any atom is -0.459 e. The maximum Gasteiger partial charge on any atom is 0.287 e. The van der Waals surface area contributed by atoms with Crippen LogP contribution in [0.1, 0.15) is 16.2 Å². The highest BCUT2D eigenvalue weighted by molar-refractivity contribution is 6.41. The van der Waals surface area contributed by atoms with Gasteiger partial charge in [-0.15, -0.1) is 0 Å². The van der Waals surface area contributed by atoms with Crippen molar-refractivity contribution in [1.82, 2.24) is 20.5 Å². The van der Waals surface area contributed by atoms with Crippen LogP contribution in [0.2, 0.25) is 10.2 Å². The quantitative estimate of drug-likeness (QED) is 0.412. The van der Waals surface area contributed by atoms with E-state index in [1.54, 1.807) is 29.8 Å². The van der Waals surface area contributed by atoms with Crippen molar-refractivity contribution < 1.29 is 9.21 Å². The van der Waals surface area contributed by atoms with E-state index in [9.17, 15) is 4.79 Å². The number of aliphatic imine (C=N–C) groups is 1. The van der Waals surface area contributed by atoms with E-state index >= 15 is 0 Å². The Morgan fingerprint density at radius 1 is 1.29 bits per heavy atom. The molecule has 24 heavy (non-hydrogen) atoms. The SMILES string of the molecule is CN=C(NCCNC(=O)c1ccco1)NCc1cc(Cl)c(Cl)n1C. The maximum atomic E-state index is 11.7. The number of nitrogens with one attached hydrogen (secondary N) is 3. The maximum absolute atomic E-state index is 11.7. The Balaban J connectivity index is 1.72. The van der Waals surface area contributed by atoms with Crippen LogP contribution in [-0.4, -0.2) is 36.6 Å². The molecule has 0 spiro atoms. The van der Waals surface area contributed by atoms with Crippen LogP contribution in [-0.2, 0) is 13.6 Å². The van der Waals surface area contributed by atoms with Crippen LogP contribution in [0.15, 0.2) is 33.9 Å². The predicted octanol–water partition coefficient (Wildman–Crippen LogP) is 2.02. The van der Waals surface area contributed by atoms with Crippen LogP contribution in [0.4, 0.5) is 0 Å². The van der Waals surface area contributed by atoms with Crippen LogP contribution >= 0.6 is 23.2 Å². The van der Waals surface area contributed by atoms with Crippen LogP contribution in [0.3, 0.4) is 0 Å². The van der Waals surface area contributed by atoms with E-state index < -0.39 is 0 Å². The summed E-state index contributed by atoms with van der Waals surface area (Å²) in [6.07, 6.45) is 1.46. The highest BCUT2D eigenvalue weighted by Crippen LogP contribution is 2.24. The summed E-state index contributed by atoms with van der Waals surface area (Å²) in [4.78, 5) is 15.8. The lowest BCUT2D eigenvalue weighted by atomic mass is 10.4. The molecule has 0 aromatic carbocycles. The third kappa shape index (κ3) is 4.69. The molecule has 2 heterocycles. The highest BCUT2D eigenvalue weighted by atomic mass is 35.5. The number of guanidine groups is 1. The van der Waals surface area contributed by atoms with Crippen molar-refractivity contribution in [1.29, 1.82) is 0 Å². The molecule has 0 aliphatic rings. The van der Waals surface area contributed by atoms with Crippen LogP contribution in [0, 0.1) is 0 Å². The first-order valence-electron chi connectivity index (χ1n) is 7.28. The molecule has 0 bridgehead atoms. The van der Waals surface area contributed by atoms with Crippen molar-refractivity contribution >= 4 is 35.1 Å². The zero-order chi connectivity index (χ0) is 17.5. The average Bonchev–Trinajstić information content (AvgIpc) is 3.19. The summed E-state index contributed by atoms with van der Waals surface area (Å²) in [5.74, 6) is 0.642. The number of carbonyl (C=O) groups excluding carboxylic acids is 1. The van der Waals surface area contributed by atoms with Crippen molar-refractivity contribution in [3.8, 4) is 0 Å². The zero-order valence-corrected chi connectivity index (χ0v) is 14.9. The summed E-state index contributed by atoms with van der Waals surface area (Å²) in [6.45, 7) is 1.46. The Kier molecular flexibility index (Phi) is 6.57. The molecule has 0 radical (unpaired) electrons. The lowest BCUT2D eigenvalue weighted by Gasteiger charge is -2.12. The molecule has 0 aliphatic carbocycles. The second-order valence-corrected chi connectivity index (χ2v) is 5.68. The van der Waals surface area contributed by atoms with E-state index in [4.69, 9.17) is 27.6 Å². The average molecular weight is 372 g/mol. The molecule has 0 atom stereocenters. The first-order valence-corrected chi connectivity index (χ1v) is 8.04. The van der Waals surface area contributed by atoms with Gasteiger partial charge in [0.25, 0.3) is 5.91 Å². The zero-order valence-electron chi connectivity index (χ0n) is 13.4. The number of carbonyl (C=O) groups is 1. The van der Waals surface area contributed by atoms with Gasteiger partial charge in [0.1, 0.15) is 5.15 Å². The molecule has 2 aromatic heterocycles. The smallest absolute Gasteiger partial charge is 0.287 e. The number of nitrogens with zero attached hydrogens (tertiary/aromatic N) is 2. The van der Waals surface area contributed by atoms with Gasteiger partial charge in [0, 0.05) is 32.9 Å². The Bertz CT molecular complexity index is 710. The third-order valence-electron chi connectivity index (χ3n) is 3.32. The van der Waals surface area contributed by atoms with Gasteiger partial charge in [-0.1, -0.05) is 23.2 Å². The van der Waals surface area contributed by atoms with Gasteiger partial charge in [-0.25, -0.2) is 0 Å². The molecule has 2 rings (SSSR count). The minimum atomic E-state index is -0.252. The summed E-state index contributed by atoms with van der Waals surface area (Å²) >= 11 is 12.0. The number of hydrogen-bond acceptors (Lipinski definition) is 3. The largest absolute Gasteiger partial charge is 0.459 e. The Hall–Kier alpha value is -2.12. The molecule has 0 unspecified atom stereocenters. The molecule has 9 heteroatoms. The molecule has 0 aliphatic heterocycles. The molecule has 1 amide bonds. The molecular formula is C15H19Cl2N5O2. The van der Waals surface area contributed by atoms with E-state index in [0.717, 1.165) is 5.69 Å². The lowest BCUT2D eigenvalue weighted by molar-refractivity contribution is 0.0926. The Morgan fingerprint density at radius 3 is 2.62 bits per heavy atom. The molecule has 0 saturated heterocycles. The predicted molar refractivity (Wildman–Crippen MR) is 94.7 cm³/mol. The van der Waals surface area contributed by atoms with E-state index in [-0.39, 0.29) is 11.7 Å². The van der Waals surface area contributed by atoms with E-state index in [1.807, 2.05) is 7.05 Å². The van der Waals surface area contributed by atoms with Crippen molar-refractivity contribution in [3.05, 3.63) is 46.1 Å². The summed E-state index contributed by atoms with van der Waals surface area (Å²) < 4.78 is 6.81. The number of rotatable bonds is 6. The second kappa shape index (κ2) is 8.65. The Labute approximate surface area is 150 Å². The van der Waals surface area contributed by atoms with Gasteiger partial charge in [0.15, 0.2) is 11.7 Å². The van der Waals surface area contributed by atoms with E-state index in [0.29, 0.717) is 35.8 Å². The fourth-order valence-corrected chi connectivity index (χ4v) is 2.42. The number of furan rings is 1. The molecular weight excluding hydrogens is 353 g/mol. The van der Waals surface area contributed by atoms with Crippen LogP contribution < -0.4 is 16.0 Å². The van der Waals surface area contributed by atoms with Gasteiger partial charge in [0.05, 0.1) is 17.8 Å². The monoisotopic (exact) mass is 371 g/mol. The van der Waals surface area contributed by atoms with Gasteiger partial charge in [-0.05, 0) is 18.2 Å². The van der Waals surface area contributed by atoms with Crippen molar-refractivity contribution in [2.45, 2.75) is 6.54 Å². The normalized spacial score (nSPS) is 11.4. The molecule has 7 nitrogen and oxygen atoms in total. The minimum absolute atomic E-state index is 0.252. The lowest BCUT2D eigenvalue weighted by Crippen LogP contribution is -2.41. The van der Waals surface area contributed by atoms with Gasteiger partial charge in [0.2, 0.25) is 0 Å². The molecule has 0 saturated carbocycles. The summed E-state index contributed by atoms with van der Waals surface area (Å²) in [5, 5.41) is 10.0. The standard InChI is InChI=1S/C15H19Cl2N5O2/c1-18-15(21-9-10-8-11(16)13(17)22(10)2)20-6-5-19-14(23)12-4-3-7-24-12/h3-4,7-8H,5-6,9H2,1-2H3,(H,19,23)(H2,18,20,21). The van der Waals surface area contributed by atoms with Crippen LogP contribution in [0.25, 0.3) is 0 Å². The van der Waals surface area contributed by atoms with E-state index in [2.05, 4.69) is 20.9 Å². The highest BCUT2D eigenvalue weighted by Gasteiger charge is 2.10. The fraction of sp³-hybridized carbons (Fsp3) is 0.333. The number of hydrogen-bond donors (Lipinski definition) is 3. The number of amides is 1. The summed E-state index contributed by atoms with van der Waals surface area (Å²) in [5.41, 5.74) is 0.930. The molecule has 2 aromatic rings. The first-order chi connectivity index (χ1) is 11.5. The molecule has 0 fully saturated rings. The Morgan fingerprint density at radius 2 is 2.04 bits per heavy atom. The first kappa shape index (κ1) is 18.2. The fourth-order valence-electron chi connectivity index (χ4n) is 2.01. The van der Waals surface area contributed by atoms with E-state index in [1.165, 1.54) is 6.26 Å². The van der Waals surface area contributed by atoms with Crippen molar-refractivity contribution in [3.63, 3.8) is 0 Å². The van der Waals surface area contributed by atoms with Crippen molar-refractivity contribution in [2.24, 2.45) is 12.0 Å².